The highest BCUT2D eigenvalue weighted by Gasteiger charge is 2.12. The second-order valence-corrected chi connectivity index (χ2v) is 3.31. The number of hydrogen-bond acceptors (Lipinski definition) is 1. The molecule has 0 bridgehead atoms. The van der Waals surface area contributed by atoms with Crippen LogP contribution in [0.5, 0.6) is 0 Å². The van der Waals surface area contributed by atoms with E-state index in [4.69, 9.17) is 0 Å². The van der Waals surface area contributed by atoms with Crippen LogP contribution in [-0.2, 0) is 4.79 Å². The third kappa shape index (κ3) is 2.28. The number of carbonyl (C=O) groups excluding carboxylic acids is 1. The molecule has 13 heavy (non-hydrogen) atoms. The maximum atomic E-state index is 11.1. The van der Waals surface area contributed by atoms with Crippen molar-refractivity contribution < 1.29 is 9.47 Å². The molecule has 1 amide bonds. The molecule has 70 valence electrons. The van der Waals surface area contributed by atoms with Gasteiger partial charge in [0.25, 0.3) is 5.91 Å². The Morgan fingerprint density at radius 2 is 1.77 bits per heavy atom. The van der Waals surface area contributed by atoms with Crippen LogP contribution in [0.2, 0.25) is 0 Å². The number of rotatable bonds is 1. The highest BCUT2D eigenvalue weighted by atomic mass is 16.2. The molecule has 0 saturated heterocycles. The summed E-state index contributed by atoms with van der Waals surface area (Å²) in [6.45, 7) is 5.57. The van der Waals surface area contributed by atoms with Gasteiger partial charge in [-0.05, 0) is 19.9 Å². The maximum Gasteiger partial charge on any atom is 0.274 e. The van der Waals surface area contributed by atoms with Crippen molar-refractivity contribution in [3.8, 4) is 0 Å². The van der Waals surface area contributed by atoms with Crippen LogP contribution < -0.4 is 9.69 Å². The summed E-state index contributed by atoms with van der Waals surface area (Å²) in [5.41, 5.74) is 2.29. The van der Waals surface area contributed by atoms with Crippen LogP contribution in [0, 0.1) is 13.8 Å². The topological polar surface area (TPSA) is 24.2 Å². The molecule has 0 unspecified atom stereocenters. The molecule has 3 heteroatoms. The molecule has 1 heterocycles. The van der Waals surface area contributed by atoms with Gasteiger partial charge in [-0.2, -0.15) is 0 Å². The monoisotopic (exact) mass is 179 g/mol. The second kappa shape index (κ2) is 3.56. The molecule has 3 nitrogen and oxygen atoms in total. The van der Waals surface area contributed by atoms with Gasteiger partial charge in [-0.3, -0.25) is 4.79 Å². The molecule has 1 aromatic heterocycles. The fraction of sp³-hybridized carbons (Fsp3) is 0.400. The minimum atomic E-state index is 0.0231. The summed E-state index contributed by atoms with van der Waals surface area (Å²) in [6.07, 6.45) is 3.85. The Balaban J connectivity index is 3.07. The fourth-order valence-electron chi connectivity index (χ4n) is 1.22. The Hall–Kier alpha value is -1.38. The summed E-state index contributed by atoms with van der Waals surface area (Å²) in [4.78, 5) is 11.1. The average Bonchev–Trinajstić information content (AvgIpc) is 2.01. The summed E-state index contributed by atoms with van der Waals surface area (Å²) in [5, 5.41) is 1.57. The normalized spacial score (nSPS) is 9.85. The molecule has 0 aliphatic carbocycles. The Bertz CT molecular complexity index is 313. The molecule has 0 fully saturated rings. The van der Waals surface area contributed by atoms with Crippen molar-refractivity contribution in [2.24, 2.45) is 0 Å². The second-order valence-electron chi connectivity index (χ2n) is 3.31. The third-order valence-corrected chi connectivity index (χ3v) is 1.93. The van der Waals surface area contributed by atoms with Gasteiger partial charge < -0.3 is 0 Å². The molecular weight excluding hydrogens is 164 g/mol. The molecule has 0 aliphatic rings. The van der Waals surface area contributed by atoms with E-state index in [0.717, 1.165) is 11.1 Å². The van der Waals surface area contributed by atoms with Crippen LogP contribution in [0.15, 0.2) is 18.5 Å². The predicted molar refractivity (Wildman–Crippen MR) is 50.9 cm³/mol. The van der Waals surface area contributed by atoms with E-state index in [1.54, 1.807) is 23.7 Å². The zero-order chi connectivity index (χ0) is 10.0. The fourth-order valence-corrected chi connectivity index (χ4v) is 1.22. The van der Waals surface area contributed by atoms with Crippen molar-refractivity contribution in [3.05, 3.63) is 29.6 Å². The van der Waals surface area contributed by atoms with E-state index in [1.807, 2.05) is 26.2 Å². The van der Waals surface area contributed by atoms with Crippen LogP contribution in [0.4, 0.5) is 0 Å². The van der Waals surface area contributed by atoms with Crippen molar-refractivity contribution >= 4 is 5.91 Å². The van der Waals surface area contributed by atoms with E-state index in [2.05, 4.69) is 6.07 Å². The molecule has 0 saturated carbocycles. The quantitative estimate of drug-likeness (QED) is 0.582. The first-order valence-corrected chi connectivity index (χ1v) is 4.25. The lowest BCUT2D eigenvalue weighted by molar-refractivity contribution is -0.681. The number of nitrogens with zero attached hydrogens (tertiary/aromatic N) is 2. The lowest BCUT2D eigenvalue weighted by Gasteiger charge is -2.08. The summed E-state index contributed by atoms with van der Waals surface area (Å²) in [6, 6.07) is 2.07. The number of carbonyl (C=O) groups is 1. The molecule has 0 spiro atoms. The van der Waals surface area contributed by atoms with Crippen LogP contribution in [0.25, 0.3) is 0 Å². The first kappa shape index (κ1) is 9.71. The molecular formula is C10H15N2O+. The van der Waals surface area contributed by atoms with Crippen molar-refractivity contribution in [2.45, 2.75) is 20.8 Å². The van der Waals surface area contributed by atoms with Crippen molar-refractivity contribution in [1.29, 1.82) is 0 Å². The Morgan fingerprint density at radius 3 is 2.15 bits per heavy atom. The zero-order valence-corrected chi connectivity index (χ0v) is 8.53. The largest absolute Gasteiger partial charge is 0.274 e. The minimum absolute atomic E-state index is 0.0231. The van der Waals surface area contributed by atoms with E-state index < -0.39 is 0 Å². The van der Waals surface area contributed by atoms with Crippen LogP contribution in [-0.4, -0.2) is 13.0 Å². The minimum Gasteiger partial charge on any atom is -0.269 e. The van der Waals surface area contributed by atoms with Gasteiger partial charge in [0.05, 0.1) is 7.05 Å². The van der Waals surface area contributed by atoms with E-state index >= 15 is 0 Å². The van der Waals surface area contributed by atoms with Gasteiger partial charge in [-0.15, -0.1) is 5.01 Å². The van der Waals surface area contributed by atoms with Crippen LogP contribution in [0.1, 0.15) is 18.1 Å². The lowest BCUT2D eigenvalue weighted by atomic mass is 10.2. The van der Waals surface area contributed by atoms with Crippen LogP contribution in [0.3, 0.4) is 0 Å². The maximum absolute atomic E-state index is 11.1. The molecule has 0 aromatic carbocycles. The lowest BCUT2D eigenvalue weighted by Crippen LogP contribution is -2.57. The molecule has 1 rings (SSSR count). The third-order valence-electron chi connectivity index (χ3n) is 1.93. The Kier molecular flexibility index (Phi) is 2.66. The molecule has 0 atom stereocenters. The average molecular weight is 179 g/mol. The van der Waals surface area contributed by atoms with E-state index in [9.17, 15) is 4.79 Å². The number of aromatic nitrogens is 1. The number of amides is 1. The first-order chi connectivity index (χ1) is 6.00. The SMILES string of the molecule is CC(=O)N(C)[n+]1cc(C)cc(C)c1. The number of aryl methyl sites for hydroxylation is 2. The van der Waals surface area contributed by atoms with Crippen molar-refractivity contribution in [2.75, 3.05) is 12.1 Å². The number of pyridine rings is 1. The van der Waals surface area contributed by atoms with E-state index in [0.29, 0.717) is 0 Å². The van der Waals surface area contributed by atoms with Gasteiger partial charge in [0.15, 0.2) is 0 Å². The summed E-state index contributed by atoms with van der Waals surface area (Å²) in [7, 11) is 1.75. The summed E-state index contributed by atoms with van der Waals surface area (Å²) in [5.74, 6) is 0.0231. The highest BCUT2D eigenvalue weighted by molar-refractivity contribution is 5.80. The smallest absolute Gasteiger partial charge is 0.269 e. The number of hydrogen-bond donors (Lipinski definition) is 0. The summed E-state index contributed by atoms with van der Waals surface area (Å²) < 4.78 is 1.80. The van der Waals surface area contributed by atoms with Crippen molar-refractivity contribution in [1.82, 2.24) is 0 Å². The van der Waals surface area contributed by atoms with Gasteiger partial charge in [0, 0.05) is 18.1 Å². The van der Waals surface area contributed by atoms with E-state index in [-0.39, 0.29) is 5.91 Å². The van der Waals surface area contributed by atoms with Crippen LogP contribution >= 0.6 is 0 Å². The Labute approximate surface area is 78.6 Å². The van der Waals surface area contributed by atoms with E-state index in [1.165, 1.54) is 0 Å². The highest BCUT2D eigenvalue weighted by Crippen LogP contribution is 1.97. The molecule has 1 aromatic rings. The predicted octanol–water partition coefficient (Wildman–Crippen LogP) is 0.705. The van der Waals surface area contributed by atoms with Gasteiger partial charge in [0.2, 0.25) is 12.4 Å². The van der Waals surface area contributed by atoms with Gasteiger partial charge >= 0.3 is 0 Å². The van der Waals surface area contributed by atoms with Crippen molar-refractivity contribution in [3.63, 3.8) is 0 Å². The van der Waals surface area contributed by atoms with Gasteiger partial charge in [-0.25, -0.2) is 0 Å². The summed E-state index contributed by atoms with van der Waals surface area (Å²) >= 11 is 0. The standard InChI is InChI=1S/C10H15N2O/c1-8-5-9(2)7-12(6-8)11(4)10(3)13/h5-7H,1-4H3/q+1. The zero-order valence-electron chi connectivity index (χ0n) is 8.53. The molecule has 0 radical (unpaired) electrons. The van der Waals surface area contributed by atoms with Gasteiger partial charge in [-0.1, -0.05) is 4.68 Å². The molecule has 0 aliphatic heterocycles. The first-order valence-electron chi connectivity index (χ1n) is 4.25. The van der Waals surface area contributed by atoms with Gasteiger partial charge in [0.1, 0.15) is 0 Å². The molecule has 0 N–H and O–H groups in total. The Morgan fingerprint density at radius 1 is 1.31 bits per heavy atom.